The molecule has 0 atom stereocenters. The van der Waals surface area contributed by atoms with Crippen LogP contribution in [0.4, 0.5) is 13.2 Å². The molecule has 0 aliphatic carbocycles. The fraction of sp³-hybridized carbons (Fsp3) is 0.111. The van der Waals surface area contributed by atoms with Gasteiger partial charge in [0.2, 0.25) is 0 Å². The molecule has 0 bridgehead atoms. The van der Waals surface area contributed by atoms with Crippen molar-refractivity contribution in [2.24, 2.45) is 0 Å². The first-order valence-electron chi connectivity index (χ1n) is 3.81. The number of carbonyl (C=O) groups is 1. The highest BCUT2D eigenvalue weighted by Crippen LogP contribution is 2.18. The van der Waals surface area contributed by atoms with E-state index < -0.39 is 17.7 Å². The molecule has 1 aromatic heterocycles. The molecule has 0 amide bonds. The van der Waals surface area contributed by atoms with Crippen LogP contribution in [-0.4, -0.2) is 16.9 Å². The zero-order valence-electron chi connectivity index (χ0n) is 7.28. The second-order valence-electron chi connectivity index (χ2n) is 2.61. The van der Waals surface area contributed by atoms with E-state index in [0.29, 0.717) is 0 Å². The summed E-state index contributed by atoms with van der Waals surface area (Å²) in [5.74, 6) is -3.15. The number of allylic oxidation sites excluding steroid dienone is 1. The molecule has 0 aliphatic rings. The lowest BCUT2D eigenvalue weighted by Crippen LogP contribution is -2.21. The molecule has 0 unspecified atom stereocenters. The molecule has 0 spiro atoms. The van der Waals surface area contributed by atoms with Crippen LogP contribution >= 0.6 is 0 Å². The molecule has 1 heterocycles. The van der Waals surface area contributed by atoms with Gasteiger partial charge in [-0.25, -0.2) is 0 Å². The lowest BCUT2D eigenvalue weighted by Gasteiger charge is -2.11. The summed E-state index contributed by atoms with van der Waals surface area (Å²) in [6, 6.07) is 2.45. The summed E-state index contributed by atoms with van der Waals surface area (Å²) in [5, 5.41) is 11.1. The molecular weight excluding hydrogens is 211 g/mol. The van der Waals surface area contributed by atoms with Crippen molar-refractivity contribution in [1.29, 1.82) is 0 Å². The Labute approximate surface area is 82.9 Å². The normalized spacial score (nSPS) is 12.6. The molecule has 0 aromatic carbocycles. The Kier molecular flexibility index (Phi) is 3.08. The number of carbonyl (C=O) groups excluding carboxylic acids is 1. The summed E-state index contributed by atoms with van der Waals surface area (Å²) < 4.78 is 35.3. The highest BCUT2D eigenvalue weighted by atomic mass is 19.4. The summed E-state index contributed by atoms with van der Waals surface area (Å²) in [7, 11) is 0. The number of rotatable bonds is 2. The Morgan fingerprint density at radius 2 is 1.87 bits per heavy atom. The van der Waals surface area contributed by atoms with Crippen LogP contribution in [0, 0.1) is 0 Å². The molecule has 0 saturated carbocycles. The smallest absolute Gasteiger partial charge is 0.454 e. The SMILES string of the molecule is O=C(C=C([O-])c1ccncc1)C(F)(F)F. The van der Waals surface area contributed by atoms with E-state index in [9.17, 15) is 23.1 Å². The second-order valence-corrected chi connectivity index (χ2v) is 2.61. The summed E-state index contributed by atoms with van der Waals surface area (Å²) in [6.07, 6.45) is -2.49. The van der Waals surface area contributed by atoms with Crippen LogP contribution in [0.3, 0.4) is 0 Å². The van der Waals surface area contributed by atoms with Gasteiger partial charge in [0, 0.05) is 12.4 Å². The number of hydrogen-bond donors (Lipinski definition) is 0. The minimum absolute atomic E-state index is 0.0115. The minimum atomic E-state index is -5.01. The van der Waals surface area contributed by atoms with Crippen molar-refractivity contribution in [1.82, 2.24) is 4.98 Å². The molecule has 1 rings (SSSR count). The van der Waals surface area contributed by atoms with Crippen LogP contribution in [0.5, 0.6) is 0 Å². The van der Waals surface area contributed by atoms with Gasteiger partial charge in [-0.1, -0.05) is 5.76 Å². The summed E-state index contributed by atoms with van der Waals surface area (Å²) in [6.45, 7) is 0. The zero-order chi connectivity index (χ0) is 11.5. The molecule has 15 heavy (non-hydrogen) atoms. The summed E-state index contributed by atoms with van der Waals surface area (Å²) in [4.78, 5) is 14.0. The predicted octanol–water partition coefficient (Wildman–Crippen LogP) is 0.914. The first-order valence-corrected chi connectivity index (χ1v) is 3.81. The van der Waals surface area contributed by atoms with Crippen LogP contribution in [0.25, 0.3) is 5.76 Å². The lowest BCUT2D eigenvalue weighted by atomic mass is 10.2. The van der Waals surface area contributed by atoms with Crippen LogP contribution in [0.1, 0.15) is 5.56 Å². The number of ketones is 1. The maximum absolute atomic E-state index is 11.8. The van der Waals surface area contributed by atoms with Crippen LogP contribution < -0.4 is 5.11 Å². The summed E-state index contributed by atoms with van der Waals surface area (Å²) >= 11 is 0. The fourth-order valence-corrected chi connectivity index (χ4v) is 0.800. The Morgan fingerprint density at radius 1 is 1.33 bits per heavy atom. The van der Waals surface area contributed by atoms with E-state index in [2.05, 4.69) is 4.98 Å². The standard InChI is InChI=1S/C9H6F3NO2/c10-9(11,12)8(15)5-7(14)6-1-3-13-4-2-6/h1-5,14H/p-1. The molecule has 0 N–H and O–H groups in total. The van der Waals surface area contributed by atoms with Crippen LogP contribution in [0.2, 0.25) is 0 Å². The van der Waals surface area contributed by atoms with Gasteiger partial charge in [0.05, 0.1) is 0 Å². The lowest BCUT2D eigenvalue weighted by molar-refractivity contribution is -0.244. The molecule has 80 valence electrons. The largest absolute Gasteiger partial charge is 0.872 e. The van der Waals surface area contributed by atoms with Crippen LogP contribution in [0.15, 0.2) is 30.6 Å². The Balaban J connectivity index is 2.91. The third kappa shape index (κ3) is 3.08. The Morgan fingerprint density at radius 3 is 2.33 bits per heavy atom. The van der Waals surface area contributed by atoms with Crippen molar-refractivity contribution in [3.63, 3.8) is 0 Å². The number of hydrogen-bond acceptors (Lipinski definition) is 3. The fourth-order valence-electron chi connectivity index (χ4n) is 0.800. The van der Waals surface area contributed by atoms with E-state index in [0.717, 1.165) is 0 Å². The maximum Gasteiger partial charge on any atom is 0.454 e. The molecule has 3 nitrogen and oxygen atoms in total. The van der Waals surface area contributed by atoms with Crippen molar-refractivity contribution in [2.45, 2.75) is 6.18 Å². The zero-order valence-corrected chi connectivity index (χ0v) is 7.28. The van der Waals surface area contributed by atoms with E-state index in [4.69, 9.17) is 0 Å². The predicted molar refractivity (Wildman–Crippen MR) is 43.3 cm³/mol. The highest BCUT2D eigenvalue weighted by molar-refractivity contribution is 5.98. The van der Waals surface area contributed by atoms with E-state index >= 15 is 0 Å². The number of alkyl halides is 3. The van der Waals surface area contributed by atoms with Crippen molar-refractivity contribution < 1.29 is 23.1 Å². The minimum Gasteiger partial charge on any atom is -0.872 e. The van der Waals surface area contributed by atoms with Gasteiger partial charge in [0.1, 0.15) is 0 Å². The van der Waals surface area contributed by atoms with E-state index in [1.165, 1.54) is 24.5 Å². The number of halogens is 3. The first-order chi connectivity index (χ1) is 6.91. The third-order valence-electron chi connectivity index (χ3n) is 1.51. The molecule has 0 radical (unpaired) electrons. The van der Waals surface area contributed by atoms with Gasteiger partial charge in [0.25, 0.3) is 5.78 Å². The molecular formula is C9H5F3NO2-. The second kappa shape index (κ2) is 4.12. The molecule has 1 aromatic rings. The average Bonchev–Trinajstić information content (AvgIpc) is 2.17. The number of pyridine rings is 1. The van der Waals surface area contributed by atoms with Gasteiger partial charge in [-0.2, -0.15) is 13.2 Å². The van der Waals surface area contributed by atoms with Crippen molar-refractivity contribution >= 4 is 11.5 Å². The van der Waals surface area contributed by atoms with Crippen LogP contribution in [-0.2, 0) is 4.79 Å². The van der Waals surface area contributed by atoms with Gasteiger partial charge in [-0.15, -0.1) is 0 Å². The molecule has 0 aliphatic heterocycles. The van der Waals surface area contributed by atoms with Crippen molar-refractivity contribution in [2.75, 3.05) is 0 Å². The van der Waals surface area contributed by atoms with E-state index in [-0.39, 0.29) is 11.6 Å². The molecule has 6 heteroatoms. The van der Waals surface area contributed by atoms with E-state index in [1.54, 1.807) is 0 Å². The quantitative estimate of drug-likeness (QED) is 0.545. The van der Waals surface area contributed by atoms with E-state index in [1.807, 2.05) is 0 Å². The topological polar surface area (TPSA) is 53.0 Å². The van der Waals surface area contributed by atoms with Crippen molar-refractivity contribution in [3.8, 4) is 0 Å². The molecule has 0 fully saturated rings. The van der Waals surface area contributed by atoms with Gasteiger partial charge < -0.3 is 5.11 Å². The number of aromatic nitrogens is 1. The van der Waals surface area contributed by atoms with Gasteiger partial charge >= 0.3 is 6.18 Å². The monoisotopic (exact) mass is 216 g/mol. The Hall–Kier alpha value is -1.85. The van der Waals surface area contributed by atoms with Gasteiger partial charge in [0.15, 0.2) is 0 Å². The first kappa shape index (κ1) is 11.2. The van der Waals surface area contributed by atoms with Crippen molar-refractivity contribution in [3.05, 3.63) is 36.2 Å². The van der Waals surface area contributed by atoms with Gasteiger partial charge in [-0.3, -0.25) is 9.78 Å². The third-order valence-corrected chi connectivity index (χ3v) is 1.51. The summed E-state index contributed by atoms with van der Waals surface area (Å²) in [5.41, 5.74) is -0.0115. The highest BCUT2D eigenvalue weighted by Gasteiger charge is 2.36. The maximum atomic E-state index is 11.8. The number of nitrogens with zero attached hydrogens (tertiary/aromatic N) is 1. The van der Waals surface area contributed by atoms with Gasteiger partial charge in [-0.05, 0) is 23.8 Å². The average molecular weight is 216 g/mol. The molecule has 0 saturated heterocycles. The Bertz CT molecular complexity index is 384.